The van der Waals surface area contributed by atoms with Crippen LogP contribution < -0.4 is 4.90 Å². The number of non-ortho nitro benzene ring substituents is 1. The summed E-state index contributed by atoms with van der Waals surface area (Å²) in [5, 5.41) is 19.7. The number of anilines is 1. The highest BCUT2D eigenvalue weighted by molar-refractivity contribution is 5.93. The third-order valence-corrected chi connectivity index (χ3v) is 3.27. The fourth-order valence-electron chi connectivity index (χ4n) is 2.12. The van der Waals surface area contributed by atoms with Gasteiger partial charge in [0.2, 0.25) is 5.91 Å². The number of hydrogen-bond donors (Lipinski definition) is 1. The van der Waals surface area contributed by atoms with Crippen molar-refractivity contribution in [3.63, 3.8) is 0 Å². The minimum Gasteiger partial charge on any atom is -0.478 e. The van der Waals surface area contributed by atoms with Gasteiger partial charge in [-0.3, -0.25) is 14.9 Å². The molecule has 0 radical (unpaired) electrons. The van der Waals surface area contributed by atoms with E-state index in [2.05, 4.69) is 0 Å². The van der Waals surface area contributed by atoms with Crippen LogP contribution in [0.3, 0.4) is 0 Å². The van der Waals surface area contributed by atoms with Crippen molar-refractivity contribution >= 4 is 23.3 Å². The summed E-state index contributed by atoms with van der Waals surface area (Å²) in [7, 11) is 0. The molecule has 0 aliphatic heterocycles. The van der Waals surface area contributed by atoms with E-state index in [1.54, 1.807) is 12.1 Å². The van der Waals surface area contributed by atoms with Gasteiger partial charge in [0, 0.05) is 24.7 Å². The maximum atomic E-state index is 11.9. The predicted molar refractivity (Wildman–Crippen MR) is 83.4 cm³/mol. The summed E-state index contributed by atoms with van der Waals surface area (Å²) >= 11 is 0. The number of carbonyl (C=O) groups is 2. The van der Waals surface area contributed by atoms with Crippen LogP contribution in [0, 0.1) is 10.1 Å². The number of rotatable bonds is 5. The van der Waals surface area contributed by atoms with E-state index in [4.69, 9.17) is 5.11 Å². The largest absolute Gasteiger partial charge is 0.478 e. The third-order valence-electron chi connectivity index (χ3n) is 3.27. The third kappa shape index (κ3) is 3.91. The highest BCUT2D eigenvalue weighted by Crippen LogP contribution is 2.21. The maximum absolute atomic E-state index is 11.9. The van der Waals surface area contributed by atoms with Gasteiger partial charge in [-0.1, -0.05) is 12.1 Å². The summed E-state index contributed by atoms with van der Waals surface area (Å²) in [4.78, 5) is 34.5. The Morgan fingerprint density at radius 1 is 1.17 bits per heavy atom. The molecule has 0 spiro atoms. The molecule has 2 rings (SSSR count). The number of amides is 1. The zero-order chi connectivity index (χ0) is 17.0. The van der Waals surface area contributed by atoms with Crippen molar-refractivity contribution in [3.8, 4) is 0 Å². The number of carboxylic acid groups (broad SMARTS) is 1. The number of nitro benzene ring substituents is 1. The zero-order valence-electron chi connectivity index (χ0n) is 12.3. The summed E-state index contributed by atoms with van der Waals surface area (Å²) in [6, 6.07) is 11.9. The summed E-state index contributed by atoms with van der Waals surface area (Å²) < 4.78 is 0. The average molecular weight is 314 g/mol. The quantitative estimate of drug-likeness (QED) is 0.675. The molecule has 1 amide bonds. The minimum absolute atomic E-state index is 0.0489. The van der Waals surface area contributed by atoms with E-state index in [0.29, 0.717) is 11.3 Å². The van der Waals surface area contributed by atoms with Crippen LogP contribution in [0.4, 0.5) is 11.4 Å². The van der Waals surface area contributed by atoms with Gasteiger partial charge in [-0.2, -0.15) is 0 Å². The molecule has 118 valence electrons. The Hall–Kier alpha value is -3.22. The van der Waals surface area contributed by atoms with Crippen LogP contribution in [0.5, 0.6) is 0 Å². The smallest absolute Gasteiger partial charge is 0.335 e. The van der Waals surface area contributed by atoms with E-state index >= 15 is 0 Å². The van der Waals surface area contributed by atoms with Crippen LogP contribution >= 0.6 is 0 Å². The Morgan fingerprint density at radius 3 is 2.35 bits per heavy atom. The van der Waals surface area contributed by atoms with Crippen molar-refractivity contribution < 1.29 is 19.6 Å². The number of aromatic carboxylic acids is 1. The highest BCUT2D eigenvalue weighted by Gasteiger charge is 2.15. The molecule has 0 saturated carbocycles. The van der Waals surface area contributed by atoms with E-state index < -0.39 is 10.9 Å². The van der Waals surface area contributed by atoms with Crippen LogP contribution in [-0.2, 0) is 11.3 Å². The number of nitro groups is 1. The SMILES string of the molecule is CC(=O)N(Cc1cccc([N+](=O)[O-])c1)c1ccc(C(=O)O)cc1. The van der Waals surface area contributed by atoms with E-state index in [0.717, 1.165) is 0 Å². The van der Waals surface area contributed by atoms with Gasteiger partial charge in [0.05, 0.1) is 17.0 Å². The van der Waals surface area contributed by atoms with Crippen molar-refractivity contribution in [2.75, 3.05) is 4.90 Å². The van der Waals surface area contributed by atoms with Crippen molar-refractivity contribution in [2.24, 2.45) is 0 Å². The van der Waals surface area contributed by atoms with Gasteiger partial charge in [0.1, 0.15) is 0 Å². The lowest BCUT2D eigenvalue weighted by atomic mass is 10.1. The fraction of sp³-hybridized carbons (Fsp3) is 0.125. The Kier molecular flexibility index (Phi) is 4.70. The molecule has 0 fully saturated rings. The topological polar surface area (TPSA) is 101 Å². The Morgan fingerprint density at radius 2 is 1.83 bits per heavy atom. The molecule has 2 aromatic rings. The van der Waals surface area contributed by atoms with Gasteiger partial charge in [-0.25, -0.2) is 4.79 Å². The predicted octanol–water partition coefficient (Wildman–Crippen LogP) is 2.85. The molecule has 0 aromatic heterocycles. The van der Waals surface area contributed by atoms with Gasteiger partial charge >= 0.3 is 5.97 Å². The van der Waals surface area contributed by atoms with Crippen LogP contribution in [-0.4, -0.2) is 21.9 Å². The lowest BCUT2D eigenvalue weighted by Gasteiger charge is -2.21. The van der Waals surface area contributed by atoms with Gasteiger partial charge < -0.3 is 10.0 Å². The molecule has 7 nitrogen and oxygen atoms in total. The van der Waals surface area contributed by atoms with Crippen LogP contribution in [0.25, 0.3) is 0 Å². The van der Waals surface area contributed by atoms with Crippen LogP contribution in [0.15, 0.2) is 48.5 Å². The highest BCUT2D eigenvalue weighted by atomic mass is 16.6. The maximum Gasteiger partial charge on any atom is 0.335 e. The average Bonchev–Trinajstić information content (AvgIpc) is 2.52. The minimum atomic E-state index is -1.05. The van der Waals surface area contributed by atoms with E-state index in [-0.39, 0.29) is 23.7 Å². The first kappa shape index (κ1) is 16.2. The molecule has 0 atom stereocenters. The van der Waals surface area contributed by atoms with E-state index in [1.165, 1.54) is 48.2 Å². The number of nitrogens with zero attached hydrogens (tertiary/aromatic N) is 2. The first-order valence-electron chi connectivity index (χ1n) is 6.73. The number of benzene rings is 2. The van der Waals surface area contributed by atoms with Crippen LogP contribution in [0.2, 0.25) is 0 Å². The van der Waals surface area contributed by atoms with Gasteiger partial charge in [0.15, 0.2) is 0 Å². The molecule has 0 aliphatic carbocycles. The Bertz CT molecular complexity index is 755. The van der Waals surface area contributed by atoms with Gasteiger partial charge in [-0.05, 0) is 29.8 Å². The zero-order valence-corrected chi connectivity index (χ0v) is 12.3. The summed E-state index contributed by atoms with van der Waals surface area (Å²) in [5.74, 6) is -1.30. The lowest BCUT2D eigenvalue weighted by Crippen LogP contribution is -2.27. The summed E-state index contributed by atoms with van der Waals surface area (Å²) in [6.07, 6.45) is 0. The molecule has 7 heteroatoms. The lowest BCUT2D eigenvalue weighted by molar-refractivity contribution is -0.384. The molecule has 0 saturated heterocycles. The summed E-state index contributed by atoms with van der Waals surface area (Å²) in [6.45, 7) is 1.53. The van der Waals surface area contributed by atoms with Crippen molar-refractivity contribution in [1.82, 2.24) is 0 Å². The van der Waals surface area contributed by atoms with Gasteiger partial charge in [-0.15, -0.1) is 0 Å². The molecule has 0 bridgehead atoms. The molecular formula is C16H14N2O5. The van der Waals surface area contributed by atoms with Crippen molar-refractivity contribution in [3.05, 3.63) is 69.8 Å². The number of hydrogen-bond acceptors (Lipinski definition) is 4. The van der Waals surface area contributed by atoms with Crippen LogP contribution in [0.1, 0.15) is 22.8 Å². The molecule has 2 aromatic carbocycles. The molecule has 23 heavy (non-hydrogen) atoms. The molecule has 0 unspecified atom stereocenters. The van der Waals surface area contributed by atoms with E-state index in [1.807, 2.05) is 0 Å². The Labute approximate surface area is 131 Å². The van der Waals surface area contributed by atoms with Gasteiger partial charge in [0.25, 0.3) is 5.69 Å². The second-order valence-electron chi connectivity index (χ2n) is 4.88. The summed E-state index contributed by atoms with van der Waals surface area (Å²) in [5.41, 5.74) is 1.20. The first-order chi connectivity index (χ1) is 10.9. The molecular weight excluding hydrogens is 300 g/mol. The molecule has 0 heterocycles. The molecule has 1 N–H and O–H groups in total. The van der Waals surface area contributed by atoms with Crippen molar-refractivity contribution in [1.29, 1.82) is 0 Å². The Balaban J connectivity index is 2.28. The standard InChI is InChI=1S/C16H14N2O5/c1-11(19)17(14-7-5-13(6-8-14)16(20)21)10-12-3-2-4-15(9-12)18(22)23/h2-9H,10H2,1H3,(H,20,21). The number of carboxylic acids is 1. The monoisotopic (exact) mass is 314 g/mol. The number of carbonyl (C=O) groups excluding carboxylic acids is 1. The fourth-order valence-corrected chi connectivity index (χ4v) is 2.12. The normalized spacial score (nSPS) is 10.1. The first-order valence-corrected chi connectivity index (χ1v) is 6.73. The second kappa shape index (κ2) is 6.69. The molecule has 0 aliphatic rings. The van der Waals surface area contributed by atoms with Crippen molar-refractivity contribution in [2.45, 2.75) is 13.5 Å². The van der Waals surface area contributed by atoms with E-state index in [9.17, 15) is 19.7 Å². The second-order valence-corrected chi connectivity index (χ2v) is 4.88.